The molecule has 3 nitrogen and oxygen atoms in total. The third kappa shape index (κ3) is 1.07. The van der Waals surface area contributed by atoms with Gasteiger partial charge in [-0.25, -0.2) is 0 Å². The zero-order chi connectivity index (χ0) is 8.43. The quantitative estimate of drug-likeness (QED) is 0.584. The summed E-state index contributed by atoms with van der Waals surface area (Å²) in [4.78, 5) is 0. The van der Waals surface area contributed by atoms with E-state index in [9.17, 15) is 0 Å². The molecule has 0 aromatic carbocycles. The number of halogens is 1. The minimum atomic E-state index is 0.309. The van der Waals surface area contributed by atoms with Crippen LogP contribution in [0.15, 0.2) is 6.07 Å². The van der Waals surface area contributed by atoms with Gasteiger partial charge in [0.15, 0.2) is 0 Å². The molecule has 1 aromatic heterocycles. The van der Waals surface area contributed by atoms with Crippen LogP contribution in [-0.2, 0) is 7.05 Å². The standard InChI is InChI=1S/C7H4ClN3/c1-11-6(4-10)2-5(3-9)7(11)8/h2H,1H3. The Bertz CT molecular complexity index is 330. The van der Waals surface area contributed by atoms with Crippen LogP contribution >= 0.6 is 11.6 Å². The van der Waals surface area contributed by atoms with Crippen LogP contribution in [0.5, 0.6) is 0 Å². The fourth-order valence-electron chi connectivity index (χ4n) is 0.765. The topological polar surface area (TPSA) is 52.5 Å². The second-order valence-corrected chi connectivity index (χ2v) is 2.37. The monoisotopic (exact) mass is 165 g/mol. The summed E-state index contributed by atoms with van der Waals surface area (Å²) in [5.41, 5.74) is 0.734. The maximum Gasteiger partial charge on any atom is 0.127 e. The number of rotatable bonds is 0. The molecular formula is C7H4ClN3. The Balaban J connectivity index is 3.40. The molecule has 0 atom stereocenters. The van der Waals surface area contributed by atoms with Crippen molar-refractivity contribution < 1.29 is 0 Å². The van der Waals surface area contributed by atoms with Crippen LogP contribution < -0.4 is 0 Å². The van der Waals surface area contributed by atoms with E-state index in [-0.39, 0.29) is 0 Å². The lowest BCUT2D eigenvalue weighted by atomic mass is 10.3. The fourth-order valence-corrected chi connectivity index (χ4v) is 0.953. The van der Waals surface area contributed by atoms with Gasteiger partial charge in [-0.3, -0.25) is 0 Å². The van der Waals surface area contributed by atoms with Gasteiger partial charge >= 0.3 is 0 Å². The lowest BCUT2D eigenvalue weighted by Gasteiger charge is -1.92. The maximum atomic E-state index is 8.51. The van der Waals surface area contributed by atoms with Crippen LogP contribution in [0.1, 0.15) is 11.3 Å². The summed E-state index contributed by atoms with van der Waals surface area (Å²) >= 11 is 5.68. The Labute approximate surface area is 69.0 Å². The second-order valence-electron chi connectivity index (χ2n) is 2.02. The lowest BCUT2D eigenvalue weighted by molar-refractivity contribution is 0.908. The zero-order valence-electron chi connectivity index (χ0n) is 5.80. The zero-order valence-corrected chi connectivity index (χ0v) is 6.55. The number of nitriles is 2. The van der Waals surface area contributed by atoms with Gasteiger partial charge in [0.25, 0.3) is 0 Å². The van der Waals surface area contributed by atoms with E-state index >= 15 is 0 Å². The Morgan fingerprint density at radius 3 is 2.36 bits per heavy atom. The van der Waals surface area contributed by atoms with Crippen molar-refractivity contribution in [2.45, 2.75) is 0 Å². The van der Waals surface area contributed by atoms with Gasteiger partial charge in [-0.1, -0.05) is 11.6 Å². The second kappa shape index (κ2) is 2.65. The molecule has 0 bridgehead atoms. The molecule has 0 spiro atoms. The molecule has 4 heteroatoms. The van der Waals surface area contributed by atoms with Crippen molar-refractivity contribution in [1.82, 2.24) is 4.57 Å². The van der Waals surface area contributed by atoms with E-state index in [1.807, 2.05) is 12.1 Å². The maximum absolute atomic E-state index is 8.51. The molecule has 0 saturated carbocycles. The summed E-state index contributed by atoms with van der Waals surface area (Å²) in [6, 6.07) is 5.27. The molecule has 0 saturated heterocycles. The van der Waals surface area contributed by atoms with Gasteiger partial charge in [0, 0.05) is 7.05 Å². The molecule has 0 aliphatic rings. The molecule has 0 fully saturated rings. The minimum absolute atomic E-state index is 0.309. The summed E-state index contributed by atoms with van der Waals surface area (Å²) in [6.07, 6.45) is 0. The molecule has 1 rings (SSSR count). The van der Waals surface area contributed by atoms with Crippen molar-refractivity contribution in [3.63, 3.8) is 0 Å². The highest BCUT2D eigenvalue weighted by atomic mass is 35.5. The predicted octanol–water partition coefficient (Wildman–Crippen LogP) is 1.42. The first kappa shape index (κ1) is 7.65. The van der Waals surface area contributed by atoms with Gasteiger partial charge in [-0.05, 0) is 6.07 Å². The molecular weight excluding hydrogens is 162 g/mol. The van der Waals surface area contributed by atoms with Gasteiger partial charge < -0.3 is 4.57 Å². The smallest absolute Gasteiger partial charge is 0.127 e. The van der Waals surface area contributed by atoms with E-state index in [4.69, 9.17) is 22.1 Å². The third-order valence-corrected chi connectivity index (χ3v) is 1.85. The summed E-state index contributed by atoms with van der Waals surface area (Å²) in [7, 11) is 1.64. The van der Waals surface area contributed by atoms with Gasteiger partial charge in [0.2, 0.25) is 0 Å². The highest BCUT2D eigenvalue weighted by Crippen LogP contribution is 2.18. The van der Waals surface area contributed by atoms with E-state index < -0.39 is 0 Å². The largest absolute Gasteiger partial charge is 0.325 e. The Morgan fingerprint density at radius 2 is 2.09 bits per heavy atom. The summed E-state index contributed by atoms with van der Waals surface area (Å²) < 4.78 is 1.47. The SMILES string of the molecule is Cn1c(C#N)cc(C#N)c1Cl. The lowest BCUT2D eigenvalue weighted by Crippen LogP contribution is -1.90. The average Bonchev–Trinajstić information content (AvgIpc) is 2.30. The normalized spacial score (nSPS) is 8.73. The van der Waals surface area contributed by atoms with E-state index in [0.29, 0.717) is 16.4 Å². The third-order valence-electron chi connectivity index (χ3n) is 1.39. The van der Waals surface area contributed by atoms with Crippen LogP contribution in [0.3, 0.4) is 0 Å². The fraction of sp³-hybridized carbons (Fsp3) is 0.143. The summed E-state index contributed by atoms with van der Waals surface area (Å²) in [6.45, 7) is 0. The highest BCUT2D eigenvalue weighted by Gasteiger charge is 2.08. The first-order valence-corrected chi connectivity index (χ1v) is 3.24. The predicted molar refractivity (Wildman–Crippen MR) is 39.9 cm³/mol. The van der Waals surface area contributed by atoms with Crippen LogP contribution in [0.2, 0.25) is 5.15 Å². The van der Waals surface area contributed by atoms with Gasteiger partial charge in [0.05, 0.1) is 5.56 Å². The number of hydrogen-bond donors (Lipinski definition) is 0. The number of hydrogen-bond acceptors (Lipinski definition) is 2. The van der Waals surface area contributed by atoms with E-state index in [0.717, 1.165) is 0 Å². The molecule has 0 aliphatic carbocycles. The van der Waals surface area contributed by atoms with Crippen LogP contribution in [0.4, 0.5) is 0 Å². The van der Waals surface area contributed by atoms with Crippen molar-refractivity contribution in [2.75, 3.05) is 0 Å². The molecule has 0 unspecified atom stereocenters. The van der Waals surface area contributed by atoms with Crippen molar-refractivity contribution in [3.05, 3.63) is 22.5 Å². The molecule has 1 aromatic rings. The van der Waals surface area contributed by atoms with Crippen molar-refractivity contribution in [3.8, 4) is 12.1 Å². The number of aromatic nitrogens is 1. The van der Waals surface area contributed by atoms with E-state index in [2.05, 4.69) is 0 Å². The molecule has 0 amide bonds. The Kier molecular flexibility index (Phi) is 1.85. The summed E-state index contributed by atoms with van der Waals surface area (Å²) in [5, 5.41) is 17.3. The number of nitrogens with zero attached hydrogens (tertiary/aromatic N) is 3. The molecule has 54 valence electrons. The molecule has 0 N–H and O–H groups in total. The van der Waals surface area contributed by atoms with Gasteiger partial charge in [0.1, 0.15) is 23.0 Å². The molecule has 11 heavy (non-hydrogen) atoms. The molecule has 0 radical (unpaired) electrons. The van der Waals surface area contributed by atoms with Crippen LogP contribution in [0.25, 0.3) is 0 Å². The van der Waals surface area contributed by atoms with Crippen molar-refractivity contribution in [2.24, 2.45) is 7.05 Å². The minimum Gasteiger partial charge on any atom is -0.325 e. The van der Waals surface area contributed by atoms with Gasteiger partial charge in [-0.2, -0.15) is 10.5 Å². The Morgan fingerprint density at radius 1 is 1.45 bits per heavy atom. The first-order valence-electron chi connectivity index (χ1n) is 2.86. The average molecular weight is 166 g/mol. The van der Waals surface area contributed by atoms with E-state index in [1.165, 1.54) is 10.6 Å². The van der Waals surface area contributed by atoms with E-state index in [1.54, 1.807) is 7.05 Å². The van der Waals surface area contributed by atoms with Crippen LogP contribution in [0, 0.1) is 22.7 Å². The summed E-state index contributed by atoms with van der Waals surface area (Å²) in [5.74, 6) is 0. The van der Waals surface area contributed by atoms with Crippen molar-refractivity contribution in [1.29, 1.82) is 10.5 Å². The highest BCUT2D eigenvalue weighted by molar-refractivity contribution is 6.30. The van der Waals surface area contributed by atoms with Crippen molar-refractivity contribution >= 4 is 11.6 Å². The molecule has 1 heterocycles. The molecule has 0 aliphatic heterocycles. The Hall–Kier alpha value is -1.45. The van der Waals surface area contributed by atoms with Gasteiger partial charge in [-0.15, -0.1) is 0 Å². The first-order chi connectivity index (χ1) is 5.20. The van der Waals surface area contributed by atoms with Crippen LogP contribution in [-0.4, -0.2) is 4.57 Å².